The molecule has 1 amide bonds. The Labute approximate surface area is 75.6 Å². The minimum absolute atomic E-state index is 0.0938. The zero-order valence-corrected chi connectivity index (χ0v) is 7.78. The van der Waals surface area contributed by atoms with Crippen molar-refractivity contribution in [3.05, 3.63) is 21.9 Å². The molecule has 0 aliphatic heterocycles. The molecule has 2 rings (SSSR count). The van der Waals surface area contributed by atoms with Crippen LogP contribution in [0, 0.1) is 6.92 Å². The number of hydrogen-bond acceptors (Lipinski definition) is 2. The molecule has 2 nitrogen and oxygen atoms in total. The lowest BCUT2D eigenvalue weighted by Crippen LogP contribution is -2.25. The molecular weight excluding hydrogens is 170 g/mol. The van der Waals surface area contributed by atoms with Gasteiger partial charge in [0.25, 0.3) is 5.91 Å². The van der Waals surface area contributed by atoms with Crippen molar-refractivity contribution in [2.75, 3.05) is 0 Å². The molecule has 1 fully saturated rings. The minimum atomic E-state index is 0.0938. The van der Waals surface area contributed by atoms with Gasteiger partial charge in [-0.25, -0.2) is 0 Å². The Morgan fingerprint density at radius 2 is 2.33 bits per heavy atom. The molecular formula is C9H11NOS. The SMILES string of the molecule is Cc1cscc1C(=O)NC1CC1. The molecule has 1 saturated carbocycles. The van der Waals surface area contributed by atoms with Crippen LogP contribution in [-0.4, -0.2) is 11.9 Å². The van der Waals surface area contributed by atoms with Gasteiger partial charge in [-0.05, 0) is 30.7 Å². The fourth-order valence-electron chi connectivity index (χ4n) is 1.08. The highest BCUT2D eigenvalue weighted by Crippen LogP contribution is 2.20. The second-order valence-corrected chi connectivity index (χ2v) is 3.96. The predicted molar refractivity (Wildman–Crippen MR) is 49.5 cm³/mol. The van der Waals surface area contributed by atoms with Crippen LogP contribution in [0.5, 0.6) is 0 Å². The maximum atomic E-state index is 11.5. The lowest BCUT2D eigenvalue weighted by Gasteiger charge is -2.00. The van der Waals surface area contributed by atoms with Crippen molar-refractivity contribution < 1.29 is 4.79 Å². The van der Waals surface area contributed by atoms with Crippen LogP contribution in [0.25, 0.3) is 0 Å². The van der Waals surface area contributed by atoms with E-state index in [2.05, 4.69) is 5.32 Å². The maximum Gasteiger partial charge on any atom is 0.252 e. The number of nitrogens with one attached hydrogen (secondary N) is 1. The van der Waals surface area contributed by atoms with Gasteiger partial charge < -0.3 is 5.32 Å². The molecule has 0 unspecified atom stereocenters. The average molecular weight is 181 g/mol. The van der Waals surface area contributed by atoms with Gasteiger partial charge >= 0.3 is 0 Å². The molecule has 12 heavy (non-hydrogen) atoms. The molecule has 0 radical (unpaired) electrons. The average Bonchev–Trinajstić information content (AvgIpc) is 2.72. The number of carbonyl (C=O) groups excluding carboxylic acids is 1. The van der Waals surface area contributed by atoms with E-state index in [0.29, 0.717) is 6.04 Å². The van der Waals surface area contributed by atoms with E-state index in [9.17, 15) is 4.79 Å². The van der Waals surface area contributed by atoms with Crippen molar-refractivity contribution in [2.24, 2.45) is 0 Å². The first-order valence-electron chi connectivity index (χ1n) is 4.11. The number of amides is 1. The summed E-state index contributed by atoms with van der Waals surface area (Å²) >= 11 is 1.58. The van der Waals surface area contributed by atoms with Crippen LogP contribution in [0.2, 0.25) is 0 Å². The molecule has 1 aromatic heterocycles. The Balaban J connectivity index is 2.07. The van der Waals surface area contributed by atoms with E-state index in [-0.39, 0.29) is 5.91 Å². The topological polar surface area (TPSA) is 29.1 Å². The van der Waals surface area contributed by atoms with Crippen LogP contribution in [0.1, 0.15) is 28.8 Å². The van der Waals surface area contributed by atoms with E-state index in [1.165, 1.54) is 0 Å². The van der Waals surface area contributed by atoms with E-state index in [1.807, 2.05) is 17.7 Å². The van der Waals surface area contributed by atoms with Gasteiger partial charge in [-0.15, -0.1) is 0 Å². The van der Waals surface area contributed by atoms with Crippen LogP contribution < -0.4 is 5.32 Å². The zero-order valence-electron chi connectivity index (χ0n) is 6.96. The molecule has 0 saturated heterocycles. The van der Waals surface area contributed by atoms with E-state index < -0.39 is 0 Å². The molecule has 0 aromatic carbocycles. The molecule has 0 spiro atoms. The lowest BCUT2D eigenvalue weighted by molar-refractivity contribution is 0.0951. The van der Waals surface area contributed by atoms with E-state index in [1.54, 1.807) is 11.3 Å². The Morgan fingerprint density at radius 3 is 2.83 bits per heavy atom. The summed E-state index contributed by atoms with van der Waals surface area (Å²) in [6.07, 6.45) is 2.30. The highest BCUT2D eigenvalue weighted by Gasteiger charge is 2.24. The molecule has 0 atom stereocenters. The van der Waals surface area contributed by atoms with Gasteiger partial charge in [0, 0.05) is 11.4 Å². The van der Waals surface area contributed by atoms with Gasteiger partial charge in [-0.2, -0.15) is 11.3 Å². The standard InChI is InChI=1S/C9H11NOS/c1-6-4-12-5-8(6)9(11)10-7-2-3-7/h4-5,7H,2-3H2,1H3,(H,10,11). The van der Waals surface area contributed by atoms with Crippen molar-refractivity contribution in [3.8, 4) is 0 Å². The van der Waals surface area contributed by atoms with Gasteiger partial charge in [0.15, 0.2) is 0 Å². The van der Waals surface area contributed by atoms with Crippen molar-refractivity contribution in [1.82, 2.24) is 5.32 Å². The van der Waals surface area contributed by atoms with Crippen molar-refractivity contribution in [2.45, 2.75) is 25.8 Å². The van der Waals surface area contributed by atoms with Gasteiger partial charge in [-0.3, -0.25) is 4.79 Å². The molecule has 1 N–H and O–H groups in total. The molecule has 3 heteroatoms. The third-order valence-electron chi connectivity index (χ3n) is 2.01. The first kappa shape index (κ1) is 7.80. The molecule has 1 aliphatic rings. The summed E-state index contributed by atoms with van der Waals surface area (Å²) in [6, 6.07) is 0.455. The van der Waals surface area contributed by atoms with Crippen molar-refractivity contribution >= 4 is 17.2 Å². The summed E-state index contributed by atoms with van der Waals surface area (Å²) in [5.41, 5.74) is 1.92. The summed E-state index contributed by atoms with van der Waals surface area (Å²) < 4.78 is 0. The third kappa shape index (κ3) is 1.50. The van der Waals surface area contributed by atoms with Crippen LogP contribution in [0.15, 0.2) is 10.8 Å². The molecule has 1 aliphatic carbocycles. The Kier molecular flexibility index (Phi) is 1.89. The van der Waals surface area contributed by atoms with Gasteiger partial charge in [0.05, 0.1) is 5.56 Å². The van der Waals surface area contributed by atoms with Crippen molar-refractivity contribution in [1.29, 1.82) is 0 Å². The highest BCUT2D eigenvalue weighted by atomic mass is 32.1. The number of hydrogen-bond donors (Lipinski definition) is 1. The maximum absolute atomic E-state index is 11.5. The number of rotatable bonds is 2. The highest BCUT2D eigenvalue weighted by molar-refractivity contribution is 7.08. The van der Waals surface area contributed by atoms with Crippen LogP contribution >= 0.6 is 11.3 Å². The summed E-state index contributed by atoms with van der Waals surface area (Å²) in [4.78, 5) is 11.5. The van der Waals surface area contributed by atoms with Gasteiger partial charge in [-0.1, -0.05) is 0 Å². The first-order valence-corrected chi connectivity index (χ1v) is 5.05. The summed E-state index contributed by atoms with van der Waals surface area (Å²) in [6.45, 7) is 1.97. The van der Waals surface area contributed by atoms with E-state index in [0.717, 1.165) is 24.0 Å². The summed E-state index contributed by atoms with van der Waals surface area (Å²) in [5.74, 6) is 0.0938. The first-order chi connectivity index (χ1) is 5.77. The summed E-state index contributed by atoms with van der Waals surface area (Å²) in [5, 5.41) is 6.88. The van der Waals surface area contributed by atoms with Crippen LogP contribution in [0.3, 0.4) is 0 Å². The largest absolute Gasteiger partial charge is 0.349 e. The quantitative estimate of drug-likeness (QED) is 0.742. The monoisotopic (exact) mass is 181 g/mol. The second-order valence-electron chi connectivity index (χ2n) is 3.22. The number of aryl methyl sites for hydroxylation is 1. The molecule has 64 valence electrons. The smallest absolute Gasteiger partial charge is 0.252 e. The van der Waals surface area contributed by atoms with Crippen LogP contribution in [-0.2, 0) is 0 Å². The Hall–Kier alpha value is -0.830. The fourth-order valence-corrected chi connectivity index (χ4v) is 1.91. The van der Waals surface area contributed by atoms with Crippen molar-refractivity contribution in [3.63, 3.8) is 0 Å². The van der Waals surface area contributed by atoms with E-state index >= 15 is 0 Å². The second kappa shape index (κ2) is 2.90. The zero-order chi connectivity index (χ0) is 8.55. The van der Waals surface area contributed by atoms with Gasteiger partial charge in [0.2, 0.25) is 0 Å². The van der Waals surface area contributed by atoms with Gasteiger partial charge in [0.1, 0.15) is 0 Å². The Morgan fingerprint density at radius 1 is 1.58 bits per heavy atom. The Bertz CT molecular complexity index is 301. The third-order valence-corrected chi connectivity index (χ3v) is 2.87. The lowest BCUT2D eigenvalue weighted by atomic mass is 10.2. The normalized spacial score (nSPS) is 16.1. The molecule has 1 aromatic rings. The fraction of sp³-hybridized carbons (Fsp3) is 0.444. The number of carbonyl (C=O) groups is 1. The van der Waals surface area contributed by atoms with E-state index in [4.69, 9.17) is 0 Å². The molecule has 1 heterocycles. The van der Waals surface area contributed by atoms with Crippen LogP contribution in [0.4, 0.5) is 0 Å². The minimum Gasteiger partial charge on any atom is -0.349 e. The predicted octanol–water partition coefficient (Wildman–Crippen LogP) is 1.95. The summed E-state index contributed by atoms with van der Waals surface area (Å²) in [7, 11) is 0. The number of thiophene rings is 1. The molecule has 0 bridgehead atoms.